The van der Waals surface area contributed by atoms with E-state index in [2.05, 4.69) is 15.6 Å². The van der Waals surface area contributed by atoms with E-state index >= 15 is 0 Å². The zero-order valence-corrected chi connectivity index (χ0v) is 13.9. The van der Waals surface area contributed by atoms with Gasteiger partial charge in [-0.05, 0) is 54.1 Å². The van der Waals surface area contributed by atoms with Crippen molar-refractivity contribution in [2.45, 2.75) is 6.54 Å². The molecule has 0 aliphatic carbocycles. The van der Waals surface area contributed by atoms with E-state index in [1.54, 1.807) is 42.6 Å². The molecule has 0 saturated heterocycles. The molecule has 126 valence electrons. The second-order valence-corrected chi connectivity index (χ2v) is 5.81. The first-order chi connectivity index (χ1) is 12.1. The molecule has 0 aliphatic rings. The van der Waals surface area contributed by atoms with Crippen molar-refractivity contribution in [3.63, 3.8) is 0 Å². The van der Waals surface area contributed by atoms with Crippen LogP contribution in [0.4, 0.5) is 15.9 Å². The Morgan fingerprint density at radius 2 is 1.76 bits per heavy atom. The molecule has 0 bridgehead atoms. The van der Waals surface area contributed by atoms with E-state index in [4.69, 9.17) is 11.6 Å². The average molecular weight is 356 g/mol. The fourth-order valence-electron chi connectivity index (χ4n) is 2.21. The minimum atomic E-state index is -0.311. The van der Waals surface area contributed by atoms with E-state index < -0.39 is 0 Å². The van der Waals surface area contributed by atoms with Crippen LogP contribution < -0.4 is 10.6 Å². The van der Waals surface area contributed by atoms with Gasteiger partial charge >= 0.3 is 0 Å². The number of pyridine rings is 1. The van der Waals surface area contributed by atoms with E-state index in [-0.39, 0.29) is 11.7 Å². The SMILES string of the molecule is O=C(NCc1ccc(Cl)cc1)c1ccnc(Nc2ccc(F)cc2)c1. The molecule has 2 N–H and O–H groups in total. The molecule has 0 fully saturated rings. The second kappa shape index (κ2) is 7.77. The smallest absolute Gasteiger partial charge is 0.251 e. The van der Waals surface area contributed by atoms with E-state index in [0.29, 0.717) is 28.6 Å². The maximum atomic E-state index is 12.9. The van der Waals surface area contributed by atoms with Gasteiger partial charge in [0.25, 0.3) is 5.91 Å². The Kier molecular flexibility index (Phi) is 5.26. The molecule has 1 amide bonds. The summed E-state index contributed by atoms with van der Waals surface area (Å²) < 4.78 is 12.9. The van der Waals surface area contributed by atoms with Gasteiger partial charge in [-0.3, -0.25) is 4.79 Å². The lowest BCUT2D eigenvalue weighted by Crippen LogP contribution is -2.22. The lowest BCUT2D eigenvalue weighted by Gasteiger charge is -2.08. The Morgan fingerprint density at radius 1 is 1.04 bits per heavy atom. The lowest BCUT2D eigenvalue weighted by atomic mass is 10.2. The molecule has 0 atom stereocenters. The van der Waals surface area contributed by atoms with E-state index in [9.17, 15) is 9.18 Å². The Bertz CT molecular complexity index is 867. The minimum absolute atomic E-state index is 0.209. The van der Waals surface area contributed by atoms with Gasteiger partial charge in [-0.15, -0.1) is 0 Å². The number of nitrogens with zero attached hydrogens (tertiary/aromatic N) is 1. The maximum absolute atomic E-state index is 12.9. The lowest BCUT2D eigenvalue weighted by molar-refractivity contribution is 0.0951. The number of hydrogen-bond acceptors (Lipinski definition) is 3. The normalized spacial score (nSPS) is 10.3. The largest absolute Gasteiger partial charge is 0.348 e. The van der Waals surface area contributed by atoms with Crippen LogP contribution in [-0.4, -0.2) is 10.9 Å². The Morgan fingerprint density at radius 3 is 2.48 bits per heavy atom. The van der Waals surface area contributed by atoms with Crippen LogP contribution in [0.3, 0.4) is 0 Å². The number of carbonyl (C=O) groups is 1. The molecule has 1 aromatic heterocycles. The van der Waals surface area contributed by atoms with Gasteiger partial charge in [-0.2, -0.15) is 0 Å². The monoisotopic (exact) mass is 355 g/mol. The highest BCUT2D eigenvalue weighted by Gasteiger charge is 2.07. The summed E-state index contributed by atoms with van der Waals surface area (Å²) in [7, 11) is 0. The number of amides is 1. The van der Waals surface area contributed by atoms with Crippen LogP contribution in [0.2, 0.25) is 5.02 Å². The highest BCUT2D eigenvalue weighted by Crippen LogP contribution is 2.16. The average Bonchev–Trinajstić information content (AvgIpc) is 2.63. The number of nitrogens with one attached hydrogen (secondary N) is 2. The Hall–Kier alpha value is -2.92. The molecule has 6 heteroatoms. The van der Waals surface area contributed by atoms with Gasteiger partial charge in [0.1, 0.15) is 11.6 Å². The summed E-state index contributed by atoms with van der Waals surface area (Å²) in [6, 6.07) is 16.5. The molecule has 0 unspecified atom stereocenters. The third kappa shape index (κ3) is 4.78. The number of anilines is 2. The van der Waals surface area contributed by atoms with Gasteiger partial charge in [0.15, 0.2) is 0 Å². The van der Waals surface area contributed by atoms with E-state index in [0.717, 1.165) is 5.56 Å². The van der Waals surface area contributed by atoms with Crippen molar-refractivity contribution in [1.82, 2.24) is 10.3 Å². The fourth-order valence-corrected chi connectivity index (χ4v) is 2.33. The molecule has 2 aromatic carbocycles. The molecule has 0 radical (unpaired) electrons. The quantitative estimate of drug-likeness (QED) is 0.706. The van der Waals surface area contributed by atoms with Gasteiger partial charge in [0.05, 0.1) is 0 Å². The molecule has 1 heterocycles. The molecule has 0 aliphatic heterocycles. The Labute approximate surface area is 149 Å². The molecule has 0 saturated carbocycles. The molecule has 0 spiro atoms. The van der Waals surface area contributed by atoms with E-state index in [1.165, 1.54) is 12.1 Å². The van der Waals surface area contributed by atoms with Gasteiger partial charge in [-0.25, -0.2) is 9.37 Å². The zero-order chi connectivity index (χ0) is 17.6. The number of carbonyl (C=O) groups excluding carboxylic acids is 1. The number of hydrogen-bond donors (Lipinski definition) is 2. The summed E-state index contributed by atoms with van der Waals surface area (Å²) in [5, 5.41) is 6.53. The second-order valence-electron chi connectivity index (χ2n) is 5.37. The van der Waals surface area contributed by atoms with Crippen LogP contribution in [0.1, 0.15) is 15.9 Å². The summed E-state index contributed by atoms with van der Waals surface area (Å²) in [6.07, 6.45) is 1.54. The minimum Gasteiger partial charge on any atom is -0.348 e. The maximum Gasteiger partial charge on any atom is 0.251 e. The van der Waals surface area contributed by atoms with Crippen molar-refractivity contribution in [2.75, 3.05) is 5.32 Å². The van der Waals surface area contributed by atoms with Crippen LogP contribution in [0.25, 0.3) is 0 Å². The first-order valence-corrected chi connectivity index (χ1v) is 7.99. The van der Waals surface area contributed by atoms with Crippen LogP contribution in [0, 0.1) is 5.82 Å². The van der Waals surface area contributed by atoms with Crippen molar-refractivity contribution in [1.29, 1.82) is 0 Å². The topological polar surface area (TPSA) is 54.0 Å². The molecule has 25 heavy (non-hydrogen) atoms. The van der Waals surface area contributed by atoms with Crippen molar-refractivity contribution in [3.05, 3.63) is 88.8 Å². The number of halogens is 2. The van der Waals surface area contributed by atoms with Crippen molar-refractivity contribution in [3.8, 4) is 0 Å². The summed E-state index contributed by atoms with van der Waals surface area (Å²) in [6.45, 7) is 0.402. The number of benzene rings is 2. The third-order valence-corrected chi connectivity index (χ3v) is 3.76. The van der Waals surface area contributed by atoms with Crippen LogP contribution in [-0.2, 0) is 6.54 Å². The van der Waals surface area contributed by atoms with Gasteiger partial charge < -0.3 is 10.6 Å². The molecule has 3 aromatic rings. The van der Waals surface area contributed by atoms with Crippen LogP contribution in [0.15, 0.2) is 66.9 Å². The third-order valence-electron chi connectivity index (χ3n) is 3.51. The number of aromatic nitrogens is 1. The number of rotatable bonds is 5. The van der Waals surface area contributed by atoms with Crippen LogP contribution >= 0.6 is 11.6 Å². The molecular formula is C19H15ClFN3O. The molecular weight excluding hydrogens is 341 g/mol. The highest BCUT2D eigenvalue weighted by molar-refractivity contribution is 6.30. The standard InChI is InChI=1S/C19H15ClFN3O/c20-15-3-1-13(2-4-15)12-23-19(25)14-9-10-22-18(11-14)24-17-7-5-16(21)6-8-17/h1-11H,12H2,(H,22,24)(H,23,25). The van der Waals surface area contributed by atoms with Crippen molar-refractivity contribution >= 4 is 29.0 Å². The highest BCUT2D eigenvalue weighted by atomic mass is 35.5. The van der Waals surface area contributed by atoms with Crippen molar-refractivity contribution in [2.24, 2.45) is 0 Å². The molecule has 3 rings (SSSR count). The van der Waals surface area contributed by atoms with Crippen molar-refractivity contribution < 1.29 is 9.18 Å². The zero-order valence-electron chi connectivity index (χ0n) is 13.2. The summed E-state index contributed by atoms with van der Waals surface area (Å²) in [5.74, 6) is -0.0147. The van der Waals surface area contributed by atoms with Crippen LogP contribution in [0.5, 0.6) is 0 Å². The van der Waals surface area contributed by atoms with Gasteiger partial charge in [0.2, 0.25) is 0 Å². The molecule has 4 nitrogen and oxygen atoms in total. The fraction of sp³-hybridized carbons (Fsp3) is 0.0526. The van der Waals surface area contributed by atoms with Gasteiger partial charge in [-0.1, -0.05) is 23.7 Å². The first-order valence-electron chi connectivity index (χ1n) is 7.61. The van der Waals surface area contributed by atoms with E-state index in [1.807, 2.05) is 12.1 Å². The predicted molar refractivity (Wildman–Crippen MR) is 96.5 cm³/mol. The summed E-state index contributed by atoms with van der Waals surface area (Å²) in [5.41, 5.74) is 2.12. The Balaban J connectivity index is 1.64. The predicted octanol–water partition coefficient (Wildman–Crippen LogP) is 4.55. The summed E-state index contributed by atoms with van der Waals surface area (Å²) in [4.78, 5) is 16.5. The summed E-state index contributed by atoms with van der Waals surface area (Å²) >= 11 is 5.84. The van der Waals surface area contributed by atoms with Gasteiger partial charge in [0, 0.05) is 29.0 Å². The first kappa shape index (κ1) is 16.9.